The minimum atomic E-state index is 0.536. The molecule has 0 aliphatic carbocycles. The molecule has 0 aromatic heterocycles. The normalized spacial score (nSPS) is 11.3. The van der Waals surface area contributed by atoms with Gasteiger partial charge in [0, 0.05) is 6.42 Å². The standard InChI is InChI=1S/C7H16N4/c1-6(2)4-3-5-7(8)10-11-9/h11H,1,3-5,9H2,2H3,(H2,8,10). The lowest BCUT2D eigenvalue weighted by molar-refractivity contribution is 0.780. The third-order valence-electron chi connectivity index (χ3n) is 1.24. The summed E-state index contributed by atoms with van der Waals surface area (Å²) in [5, 5.41) is 3.61. The summed E-state index contributed by atoms with van der Waals surface area (Å²) in [6.07, 6.45) is 2.73. The van der Waals surface area contributed by atoms with E-state index in [0.29, 0.717) is 5.84 Å². The summed E-state index contributed by atoms with van der Waals surface area (Å²) in [6, 6.07) is 0. The van der Waals surface area contributed by atoms with E-state index < -0.39 is 0 Å². The van der Waals surface area contributed by atoms with Gasteiger partial charge >= 0.3 is 0 Å². The second kappa shape index (κ2) is 5.73. The zero-order valence-electron chi connectivity index (χ0n) is 6.93. The van der Waals surface area contributed by atoms with Gasteiger partial charge in [0.2, 0.25) is 0 Å². The van der Waals surface area contributed by atoms with Crippen LogP contribution in [-0.4, -0.2) is 5.84 Å². The van der Waals surface area contributed by atoms with Gasteiger partial charge in [-0.15, -0.1) is 6.58 Å². The van der Waals surface area contributed by atoms with E-state index in [1.54, 1.807) is 0 Å². The lowest BCUT2D eigenvalue weighted by Crippen LogP contribution is -2.22. The zero-order chi connectivity index (χ0) is 8.69. The van der Waals surface area contributed by atoms with Gasteiger partial charge in [0.15, 0.2) is 0 Å². The van der Waals surface area contributed by atoms with E-state index in [4.69, 9.17) is 11.6 Å². The molecule has 0 aromatic carbocycles. The molecule has 0 rings (SSSR count). The maximum atomic E-state index is 5.45. The Morgan fingerprint density at radius 1 is 1.55 bits per heavy atom. The van der Waals surface area contributed by atoms with Gasteiger partial charge in [-0.2, -0.15) is 5.10 Å². The molecule has 0 saturated carbocycles. The number of hydrogen-bond donors (Lipinski definition) is 3. The van der Waals surface area contributed by atoms with E-state index >= 15 is 0 Å². The summed E-state index contributed by atoms with van der Waals surface area (Å²) in [5.74, 6) is 5.46. The second-order valence-electron chi connectivity index (χ2n) is 2.54. The van der Waals surface area contributed by atoms with Gasteiger partial charge in [0.05, 0.1) is 0 Å². The molecule has 5 N–H and O–H groups in total. The average molecular weight is 156 g/mol. The summed E-state index contributed by atoms with van der Waals surface area (Å²) in [4.78, 5) is 0. The molecule has 0 amide bonds. The van der Waals surface area contributed by atoms with Crippen molar-refractivity contribution in [2.24, 2.45) is 16.7 Å². The number of hydrazine groups is 1. The highest BCUT2D eigenvalue weighted by molar-refractivity contribution is 5.79. The molecule has 0 aliphatic rings. The Labute approximate surface area is 67.3 Å². The van der Waals surface area contributed by atoms with E-state index in [0.717, 1.165) is 19.3 Å². The summed E-state index contributed by atoms with van der Waals surface area (Å²) in [6.45, 7) is 5.77. The minimum absolute atomic E-state index is 0.536. The van der Waals surface area contributed by atoms with Crippen LogP contribution in [0.15, 0.2) is 17.3 Å². The van der Waals surface area contributed by atoms with Gasteiger partial charge in [-0.25, -0.2) is 11.4 Å². The Morgan fingerprint density at radius 2 is 2.18 bits per heavy atom. The Morgan fingerprint density at radius 3 is 2.64 bits per heavy atom. The first kappa shape index (κ1) is 9.97. The number of hydrogen-bond acceptors (Lipinski definition) is 3. The van der Waals surface area contributed by atoms with Gasteiger partial charge < -0.3 is 5.73 Å². The number of nitrogens with two attached hydrogens (primary N) is 2. The number of amidine groups is 1. The molecule has 0 aliphatic heterocycles. The average Bonchev–Trinajstić information content (AvgIpc) is 1.87. The first-order chi connectivity index (χ1) is 5.16. The Kier molecular flexibility index (Phi) is 5.20. The van der Waals surface area contributed by atoms with Crippen LogP contribution in [0, 0.1) is 0 Å². The maximum Gasteiger partial charge on any atom is 0.121 e. The van der Waals surface area contributed by atoms with Crippen molar-refractivity contribution in [3.63, 3.8) is 0 Å². The number of nitrogens with one attached hydrogen (secondary N) is 1. The molecule has 0 heterocycles. The summed E-state index contributed by atoms with van der Waals surface area (Å²) in [7, 11) is 0. The number of hydrazone groups is 1. The first-order valence-electron chi connectivity index (χ1n) is 3.59. The molecule has 0 bridgehead atoms. The van der Waals surface area contributed by atoms with Crippen molar-refractivity contribution in [3.05, 3.63) is 12.2 Å². The van der Waals surface area contributed by atoms with Crippen LogP contribution >= 0.6 is 0 Å². The molecule has 4 nitrogen and oxygen atoms in total. The van der Waals surface area contributed by atoms with E-state index in [1.807, 2.05) is 6.92 Å². The predicted molar refractivity (Wildman–Crippen MR) is 47.6 cm³/mol. The smallest absolute Gasteiger partial charge is 0.121 e. The monoisotopic (exact) mass is 156 g/mol. The fraction of sp³-hybridized carbons (Fsp3) is 0.571. The number of allylic oxidation sites excluding steroid dienone is 1. The fourth-order valence-electron chi connectivity index (χ4n) is 0.710. The van der Waals surface area contributed by atoms with Crippen molar-refractivity contribution < 1.29 is 0 Å². The topological polar surface area (TPSA) is 76.4 Å². The molecule has 0 fully saturated rings. The maximum absolute atomic E-state index is 5.45. The lowest BCUT2D eigenvalue weighted by atomic mass is 10.1. The number of nitrogens with zero attached hydrogens (tertiary/aromatic N) is 1. The van der Waals surface area contributed by atoms with Crippen LogP contribution in [0.3, 0.4) is 0 Å². The van der Waals surface area contributed by atoms with E-state index in [9.17, 15) is 0 Å². The molecule has 0 radical (unpaired) electrons. The van der Waals surface area contributed by atoms with Gasteiger partial charge in [-0.3, -0.25) is 0 Å². The molecule has 0 spiro atoms. The van der Waals surface area contributed by atoms with Crippen molar-refractivity contribution in [1.82, 2.24) is 5.53 Å². The minimum Gasteiger partial charge on any atom is -0.386 e. The molecule has 0 atom stereocenters. The van der Waals surface area contributed by atoms with E-state index in [-0.39, 0.29) is 0 Å². The van der Waals surface area contributed by atoms with Crippen molar-refractivity contribution in [3.8, 4) is 0 Å². The molecule has 4 heteroatoms. The molecular weight excluding hydrogens is 140 g/mol. The highest BCUT2D eigenvalue weighted by atomic mass is 15.5. The summed E-state index contributed by atoms with van der Waals surface area (Å²) < 4.78 is 0. The van der Waals surface area contributed by atoms with Gasteiger partial charge in [-0.05, 0) is 19.8 Å². The Hall–Kier alpha value is -1.03. The third-order valence-corrected chi connectivity index (χ3v) is 1.24. The Bertz CT molecular complexity index is 151. The Balaban J connectivity index is 3.38. The van der Waals surface area contributed by atoms with Crippen LogP contribution in [0.5, 0.6) is 0 Å². The first-order valence-corrected chi connectivity index (χ1v) is 3.59. The van der Waals surface area contributed by atoms with Gasteiger partial charge in [-0.1, -0.05) is 5.57 Å². The van der Waals surface area contributed by atoms with Crippen LogP contribution in [0.2, 0.25) is 0 Å². The number of rotatable bonds is 5. The van der Waals surface area contributed by atoms with E-state index in [1.165, 1.54) is 5.57 Å². The predicted octanol–water partition coefficient (Wildman–Crippen LogP) is 0.468. The van der Waals surface area contributed by atoms with E-state index in [2.05, 4.69) is 17.2 Å². The van der Waals surface area contributed by atoms with Gasteiger partial charge in [0.1, 0.15) is 5.84 Å². The highest BCUT2D eigenvalue weighted by Crippen LogP contribution is 2.02. The van der Waals surface area contributed by atoms with Crippen molar-refractivity contribution in [1.29, 1.82) is 0 Å². The van der Waals surface area contributed by atoms with Crippen molar-refractivity contribution in [2.45, 2.75) is 26.2 Å². The largest absolute Gasteiger partial charge is 0.386 e. The van der Waals surface area contributed by atoms with Crippen LogP contribution in [0.4, 0.5) is 0 Å². The van der Waals surface area contributed by atoms with Crippen LogP contribution in [0.25, 0.3) is 0 Å². The molecule has 0 saturated heterocycles. The van der Waals surface area contributed by atoms with Crippen LogP contribution < -0.4 is 17.1 Å². The quantitative estimate of drug-likeness (QED) is 0.178. The zero-order valence-corrected chi connectivity index (χ0v) is 6.93. The third kappa shape index (κ3) is 6.86. The molecule has 64 valence electrons. The molecule has 0 aromatic rings. The molecule has 0 unspecified atom stereocenters. The highest BCUT2D eigenvalue weighted by Gasteiger charge is 1.92. The van der Waals surface area contributed by atoms with Crippen LogP contribution in [0.1, 0.15) is 26.2 Å². The molecule has 11 heavy (non-hydrogen) atoms. The second-order valence-corrected chi connectivity index (χ2v) is 2.54. The fourth-order valence-corrected chi connectivity index (χ4v) is 0.710. The molecular formula is C7H16N4. The summed E-state index contributed by atoms with van der Waals surface area (Å²) in [5.41, 5.74) is 8.76. The summed E-state index contributed by atoms with van der Waals surface area (Å²) >= 11 is 0. The van der Waals surface area contributed by atoms with Crippen molar-refractivity contribution in [2.75, 3.05) is 0 Å². The van der Waals surface area contributed by atoms with Gasteiger partial charge in [0.25, 0.3) is 0 Å². The SMILES string of the molecule is C=C(C)CCC/C(N)=N/NN. The van der Waals surface area contributed by atoms with Crippen molar-refractivity contribution >= 4 is 5.84 Å². The van der Waals surface area contributed by atoms with Crippen LogP contribution in [-0.2, 0) is 0 Å². The lowest BCUT2D eigenvalue weighted by Gasteiger charge is -1.99.